The molecule has 3 aromatic rings. The molecule has 0 N–H and O–H groups in total. The highest BCUT2D eigenvalue weighted by atomic mass is 16.5. The highest BCUT2D eigenvalue weighted by molar-refractivity contribution is 6.05. The summed E-state index contributed by atoms with van der Waals surface area (Å²) in [6.45, 7) is 0.603. The molecular formula is C18H18N4O2. The number of aryl methyl sites for hydroxylation is 1. The molecule has 0 unspecified atom stereocenters. The second-order valence-corrected chi connectivity index (χ2v) is 5.35. The van der Waals surface area contributed by atoms with Crippen molar-refractivity contribution in [1.29, 1.82) is 0 Å². The number of nitrogens with zero attached hydrogens (tertiary/aromatic N) is 4. The van der Waals surface area contributed by atoms with Gasteiger partial charge in [-0.05, 0) is 35.9 Å². The standard InChI is InChI=1S/C18H18N4O2/c1-21-11-8-16(20-21)17(23)6-4-14-5-7-18(24-2)15(12-14)13-22-10-3-9-19-22/h3-12H,13H2,1-2H3/b6-4-. The lowest BCUT2D eigenvalue weighted by Gasteiger charge is -2.09. The Kier molecular flexibility index (Phi) is 4.56. The van der Waals surface area contributed by atoms with Crippen LogP contribution in [0.1, 0.15) is 21.6 Å². The Bertz CT molecular complexity index is 863. The minimum atomic E-state index is -0.125. The summed E-state index contributed by atoms with van der Waals surface area (Å²) in [6.07, 6.45) is 8.69. The lowest BCUT2D eigenvalue weighted by molar-refractivity contribution is 0.104. The van der Waals surface area contributed by atoms with E-state index in [0.717, 1.165) is 16.9 Å². The number of hydrogen-bond acceptors (Lipinski definition) is 4. The maximum atomic E-state index is 12.1. The SMILES string of the molecule is COc1ccc(/C=C\C(=O)c2ccn(C)n2)cc1Cn1cccn1. The van der Waals surface area contributed by atoms with Crippen LogP contribution in [-0.4, -0.2) is 32.5 Å². The third-order valence-corrected chi connectivity index (χ3v) is 3.59. The molecular weight excluding hydrogens is 304 g/mol. The van der Waals surface area contributed by atoms with Crippen molar-refractivity contribution in [1.82, 2.24) is 19.6 Å². The van der Waals surface area contributed by atoms with E-state index in [4.69, 9.17) is 4.74 Å². The molecule has 3 rings (SSSR count). The molecule has 24 heavy (non-hydrogen) atoms. The molecule has 0 amide bonds. The van der Waals surface area contributed by atoms with E-state index in [1.54, 1.807) is 43.4 Å². The molecule has 0 saturated heterocycles. The fourth-order valence-corrected chi connectivity index (χ4v) is 2.40. The van der Waals surface area contributed by atoms with E-state index < -0.39 is 0 Å². The van der Waals surface area contributed by atoms with Gasteiger partial charge in [0.05, 0.1) is 13.7 Å². The van der Waals surface area contributed by atoms with Gasteiger partial charge in [0.15, 0.2) is 0 Å². The zero-order valence-electron chi connectivity index (χ0n) is 13.6. The first-order valence-electron chi connectivity index (χ1n) is 7.52. The Labute approximate surface area is 140 Å². The van der Waals surface area contributed by atoms with Crippen LogP contribution >= 0.6 is 0 Å². The van der Waals surface area contributed by atoms with Gasteiger partial charge in [-0.25, -0.2) is 0 Å². The number of hydrogen-bond donors (Lipinski definition) is 0. The first kappa shape index (κ1) is 15.7. The predicted octanol–water partition coefficient (Wildman–Crippen LogP) is 2.57. The third-order valence-electron chi connectivity index (χ3n) is 3.59. The van der Waals surface area contributed by atoms with Crippen molar-refractivity contribution < 1.29 is 9.53 Å². The number of carbonyl (C=O) groups is 1. The molecule has 2 aromatic heterocycles. The van der Waals surface area contributed by atoms with Crippen molar-refractivity contribution in [3.05, 3.63) is 71.8 Å². The van der Waals surface area contributed by atoms with Crippen LogP contribution in [0.25, 0.3) is 6.08 Å². The molecule has 6 nitrogen and oxygen atoms in total. The van der Waals surface area contributed by atoms with Crippen LogP contribution in [0.3, 0.4) is 0 Å². The van der Waals surface area contributed by atoms with Gasteiger partial charge in [-0.15, -0.1) is 0 Å². The van der Waals surface area contributed by atoms with Crippen LogP contribution in [0.5, 0.6) is 5.75 Å². The second kappa shape index (κ2) is 6.95. The highest BCUT2D eigenvalue weighted by Crippen LogP contribution is 2.21. The predicted molar refractivity (Wildman–Crippen MR) is 90.9 cm³/mol. The highest BCUT2D eigenvalue weighted by Gasteiger charge is 2.07. The molecule has 2 heterocycles. The minimum Gasteiger partial charge on any atom is -0.496 e. The Balaban J connectivity index is 1.80. The molecule has 0 radical (unpaired) electrons. The van der Waals surface area contributed by atoms with Crippen LogP contribution in [0.15, 0.2) is 55.0 Å². The van der Waals surface area contributed by atoms with Crippen LogP contribution in [0.2, 0.25) is 0 Å². The van der Waals surface area contributed by atoms with Gasteiger partial charge in [0.2, 0.25) is 5.78 Å². The maximum absolute atomic E-state index is 12.1. The van der Waals surface area contributed by atoms with Crippen LogP contribution in [0, 0.1) is 0 Å². The van der Waals surface area contributed by atoms with E-state index in [2.05, 4.69) is 10.2 Å². The summed E-state index contributed by atoms with van der Waals surface area (Å²) in [5.74, 6) is 0.666. The lowest BCUT2D eigenvalue weighted by Crippen LogP contribution is -2.02. The summed E-state index contributed by atoms with van der Waals surface area (Å²) < 4.78 is 8.83. The number of carbonyl (C=O) groups excluding carboxylic acids is 1. The molecule has 0 aliphatic heterocycles. The fourth-order valence-electron chi connectivity index (χ4n) is 2.40. The van der Waals surface area contributed by atoms with Gasteiger partial charge >= 0.3 is 0 Å². The number of aromatic nitrogens is 4. The molecule has 0 atom stereocenters. The van der Waals surface area contributed by atoms with Crippen molar-refractivity contribution in [2.24, 2.45) is 7.05 Å². The third kappa shape index (κ3) is 3.60. The largest absolute Gasteiger partial charge is 0.496 e. The van der Waals surface area contributed by atoms with Crippen molar-refractivity contribution in [2.75, 3.05) is 7.11 Å². The van der Waals surface area contributed by atoms with E-state index in [1.807, 2.05) is 35.1 Å². The van der Waals surface area contributed by atoms with Gasteiger partial charge in [0.25, 0.3) is 0 Å². The monoisotopic (exact) mass is 322 g/mol. The number of allylic oxidation sites excluding steroid dienone is 1. The van der Waals surface area contributed by atoms with Crippen LogP contribution < -0.4 is 4.74 Å². The Morgan fingerprint density at radius 3 is 2.83 bits per heavy atom. The molecule has 0 saturated carbocycles. The van der Waals surface area contributed by atoms with Crippen molar-refractivity contribution in [2.45, 2.75) is 6.54 Å². The molecule has 6 heteroatoms. The summed E-state index contributed by atoms with van der Waals surface area (Å²) >= 11 is 0. The zero-order valence-corrected chi connectivity index (χ0v) is 13.6. The van der Waals surface area contributed by atoms with Gasteiger partial charge in [-0.2, -0.15) is 10.2 Å². The molecule has 0 fully saturated rings. The summed E-state index contributed by atoms with van der Waals surface area (Å²) in [4.78, 5) is 12.1. The summed E-state index contributed by atoms with van der Waals surface area (Å²) in [5.41, 5.74) is 2.34. The summed E-state index contributed by atoms with van der Waals surface area (Å²) in [6, 6.07) is 9.37. The number of methoxy groups -OCH3 is 1. The first-order chi connectivity index (χ1) is 11.7. The second-order valence-electron chi connectivity index (χ2n) is 5.35. The number of rotatable bonds is 6. The van der Waals surface area contributed by atoms with E-state index >= 15 is 0 Å². The number of ether oxygens (including phenoxy) is 1. The minimum absolute atomic E-state index is 0.125. The first-order valence-corrected chi connectivity index (χ1v) is 7.52. The van der Waals surface area contributed by atoms with Crippen molar-refractivity contribution in [3.8, 4) is 5.75 Å². The maximum Gasteiger partial charge on any atom is 0.206 e. The molecule has 122 valence electrons. The van der Waals surface area contributed by atoms with Crippen LogP contribution in [0.4, 0.5) is 0 Å². The lowest BCUT2D eigenvalue weighted by atomic mass is 10.1. The van der Waals surface area contributed by atoms with Gasteiger partial charge in [-0.1, -0.05) is 12.1 Å². The fraction of sp³-hybridized carbons (Fsp3) is 0.167. The average molecular weight is 322 g/mol. The Morgan fingerprint density at radius 2 is 2.17 bits per heavy atom. The van der Waals surface area contributed by atoms with Crippen LogP contribution in [-0.2, 0) is 13.6 Å². The Hall–Kier alpha value is -3.15. The van der Waals surface area contributed by atoms with E-state index in [9.17, 15) is 4.79 Å². The van der Waals surface area contributed by atoms with Gasteiger partial charge in [0, 0.05) is 31.2 Å². The van der Waals surface area contributed by atoms with E-state index in [0.29, 0.717) is 12.2 Å². The molecule has 0 aliphatic carbocycles. The number of benzene rings is 1. The van der Waals surface area contributed by atoms with E-state index in [-0.39, 0.29) is 5.78 Å². The zero-order chi connectivity index (χ0) is 16.9. The van der Waals surface area contributed by atoms with E-state index in [1.165, 1.54) is 6.08 Å². The van der Waals surface area contributed by atoms with Gasteiger partial charge in [-0.3, -0.25) is 14.2 Å². The molecule has 0 aliphatic rings. The molecule has 0 spiro atoms. The molecule has 0 bridgehead atoms. The van der Waals surface area contributed by atoms with Crippen molar-refractivity contribution in [3.63, 3.8) is 0 Å². The normalized spacial score (nSPS) is 11.1. The topological polar surface area (TPSA) is 61.9 Å². The molecule has 1 aromatic carbocycles. The van der Waals surface area contributed by atoms with Crippen molar-refractivity contribution >= 4 is 11.9 Å². The summed E-state index contributed by atoms with van der Waals surface area (Å²) in [7, 11) is 3.42. The average Bonchev–Trinajstić information content (AvgIpc) is 3.24. The Morgan fingerprint density at radius 1 is 1.29 bits per heavy atom. The van der Waals surface area contributed by atoms with Gasteiger partial charge < -0.3 is 4.74 Å². The number of ketones is 1. The quantitative estimate of drug-likeness (QED) is 0.517. The smallest absolute Gasteiger partial charge is 0.206 e. The summed E-state index contributed by atoms with van der Waals surface area (Å²) in [5, 5.41) is 8.31. The van der Waals surface area contributed by atoms with Gasteiger partial charge in [0.1, 0.15) is 11.4 Å².